The van der Waals surface area contributed by atoms with Gasteiger partial charge in [-0.1, -0.05) is 100 Å². The van der Waals surface area contributed by atoms with Gasteiger partial charge in [-0.15, -0.1) is 0 Å². The quantitative estimate of drug-likeness (QED) is 0.0160. The number of hydrogen-bond donors (Lipinski definition) is 11. The molecule has 0 aliphatic carbocycles. The Bertz CT molecular complexity index is 6550. The number of hydrogen-bond acceptors (Lipinski definition) is 40. The number of fused-ring (bicyclic) bond motifs is 7. The first-order chi connectivity index (χ1) is 65.5. The Morgan fingerprint density at radius 1 is 0.628 bits per heavy atom. The molecule has 2 bridgehead atoms. The second-order valence-electron chi connectivity index (χ2n) is 30.5. The number of nitriles is 2. The molecule has 0 spiro atoms. The number of aliphatic hydroxyl groups excluding tert-OH is 2. The van der Waals surface area contributed by atoms with E-state index >= 15 is 0 Å². The number of aliphatic hydroxyl groups is 2. The van der Waals surface area contributed by atoms with Gasteiger partial charge in [-0.2, -0.15) is 20.5 Å². The van der Waals surface area contributed by atoms with E-state index in [4.69, 9.17) is 108 Å². The Kier molecular flexibility index (Phi) is 35.7. The number of nitrogens with zero attached hydrogens (tertiary/aromatic N) is 16. The van der Waals surface area contributed by atoms with Crippen molar-refractivity contribution in [3.05, 3.63) is 191 Å². The molecule has 724 valence electrons. The predicted octanol–water partition coefficient (Wildman–Crippen LogP) is 10.7. The first-order valence-electron chi connectivity index (χ1n) is 41.5. The summed E-state index contributed by atoms with van der Waals surface area (Å²) in [5.74, 6) is -1.20. The molecule has 17 rings (SSSR count). The van der Waals surface area contributed by atoms with Crippen molar-refractivity contribution < 1.29 is 112 Å². The number of para-hydroxylation sites is 2. The van der Waals surface area contributed by atoms with Gasteiger partial charge in [-0.05, 0) is 72.1 Å². The first kappa shape index (κ1) is 103. The number of anilines is 4. The Labute approximate surface area is 794 Å². The number of carbonyl (C=O) groups excluding carboxylic acids is 4. The molecule has 49 nitrogen and oxygen atoms in total. The molecule has 5 aliphatic heterocycles. The van der Waals surface area contributed by atoms with Gasteiger partial charge in [-0.25, -0.2) is 49.0 Å². The Balaban J connectivity index is 0.000000191. The second kappa shape index (κ2) is 47.4. The molecule has 0 saturated carbocycles. The number of nitrogens with one attached hydrogen (secondary N) is 6. The van der Waals surface area contributed by atoms with Crippen LogP contribution in [0.5, 0.6) is 11.5 Å². The maximum Gasteiger partial charge on any atom is 0.530 e. The van der Waals surface area contributed by atoms with Gasteiger partial charge in [0, 0.05) is 59.9 Å². The van der Waals surface area contributed by atoms with E-state index in [1.165, 1.54) is 47.1 Å². The Morgan fingerprint density at radius 3 is 1.63 bits per heavy atom. The predicted molar refractivity (Wildman–Crippen MR) is 495 cm³/mol. The molecule has 3 unspecified atom stereocenters. The number of H-pyrrole nitrogens is 2. The summed E-state index contributed by atoms with van der Waals surface area (Å²) in [5, 5.41) is 50.5. The zero-order chi connectivity index (χ0) is 96.4. The fourth-order valence-corrected chi connectivity index (χ4v) is 20.4. The van der Waals surface area contributed by atoms with Gasteiger partial charge in [0.2, 0.25) is 23.7 Å². The van der Waals surface area contributed by atoms with E-state index in [9.17, 15) is 59.0 Å². The minimum Gasteiger partial charge on any atom is -0.405 e. The van der Waals surface area contributed by atoms with Crippen LogP contribution in [-0.2, 0) is 97.5 Å². The lowest BCUT2D eigenvalue weighted by Crippen LogP contribution is -2.29. The number of aromatic amines is 2. The number of amides is 4. The summed E-state index contributed by atoms with van der Waals surface area (Å²) in [5.41, 5.74) is 1.13. The molecule has 5 saturated heterocycles. The van der Waals surface area contributed by atoms with Crippen molar-refractivity contribution in [2.75, 3.05) is 60.9 Å². The van der Waals surface area contributed by atoms with E-state index in [-0.39, 0.29) is 159 Å². The third-order valence-electron chi connectivity index (χ3n) is 20.5. The summed E-state index contributed by atoms with van der Waals surface area (Å²) in [6, 6.07) is 38.6. The van der Waals surface area contributed by atoms with Crippen LogP contribution in [-0.4, -0.2) is 210 Å². The molecule has 5 fully saturated rings. The molecule has 13 heterocycles. The van der Waals surface area contributed by atoms with E-state index in [1.54, 1.807) is 146 Å². The van der Waals surface area contributed by atoms with E-state index in [0.717, 1.165) is 0 Å². The molecule has 15 atom stereocenters. The highest BCUT2D eigenvalue weighted by atomic mass is 35.7. The summed E-state index contributed by atoms with van der Waals surface area (Å²) in [7, 11) is -3.40. The topological polar surface area (TPSA) is 658 Å². The van der Waals surface area contributed by atoms with Crippen molar-refractivity contribution >= 4 is 164 Å². The SMILES string of the molecule is CC(C)C(=O)Nc1nc2c(ncn2[C@@H]2O[C@@H]3COP(=S)(OCCC#N)O[C@@H]4C[C@H](n5cnc6c(NC(=O)c7ccccc7)ncnc65)O[C@@H]4COP(O)O[C@H]2C3)c(=O)[nH]1.CC(C)C(=O)Nc1nc2c(ncn2[C@@H]2O[C@H](COP(=S)(OCCC#N)O[C@@H]3C[C@H](n4cnc5c(NC(=O)c6ccccc6)ncnc54)O[C@@H]3CO)C[C@@H]2O)c(=O)[nH]1.N.O=P(Cl)(Oc1ccccc1)Oc1ccccc1.O=PO. The maximum atomic E-state index is 12.9. The number of rotatable bonds is 28. The van der Waals surface area contributed by atoms with Crippen LogP contribution in [0.15, 0.2) is 169 Å². The standard InChI is InChI=1S/C34H37N11O11P2S.C34H38N11O10PS.C12H10ClO3P.H3N.HO2P/c1-18(2)30(46)42-34-41-29-26(32(48)43-34)39-17-45(29)33-22-11-20(53-33)13-52-58(59,51-10-6-9-35)56-21-12-24(54-23(21)14-50-57(49)55-22)44-16-38-25-27(36-15-37-28(25)44)40-31(47)19-7-4-3-5-8-19;1-18(2)30(48)42-34-41-29-26(32(50)43-34)39-17-45(29)33-21(47)11-20(53-33)14-52-56(57,51-10-6-9-35)55-22-12-24(54-23(22)13-46)44-16-38-25-27(36-15-37-28(25)44)40-31(49)19-7-4-3-5-8-19;13-17(14,15-11-7-3-1-4-8-11)16-12-9-5-2-6-10-12;;1-3-2/h3-5,7-8,15-18,20-24,33,49H,6,10-14H2,1-2H3,(H,36,37,40,47)(H2,41,42,43,46,48);3-5,7-8,15-18,20-24,33,46-47H,6,10-14H2,1-2H3,(H,36,37,40,49)(H2,41,42,43,48,50);1-10H;1H3;(H,1,2)/t20-,21+,22-,23+,24+,33+,57?,58?;20-,21-,22+,23+,24+,33+,56?;;;/m00.../s1. The van der Waals surface area contributed by atoms with Gasteiger partial charge in [0.05, 0.1) is 114 Å². The first-order valence-corrected chi connectivity index (χ1v) is 50.9. The number of halogens is 1. The molecule has 8 aromatic heterocycles. The summed E-state index contributed by atoms with van der Waals surface area (Å²) in [4.78, 5) is 142. The van der Waals surface area contributed by atoms with Crippen molar-refractivity contribution in [1.82, 2.24) is 84.2 Å². The van der Waals surface area contributed by atoms with Gasteiger partial charge >= 0.3 is 37.7 Å². The van der Waals surface area contributed by atoms with Crippen LogP contribution in [0.4, 0.5) is 23.5 Å². The number of carbonyl (C=O) groups is 4. The lowest BCUT2D eigenvalue weighted by atomic mass is 10.2. The van der Waals surface area contributed by atoms with Gasteiger partial charge in [0.15, 0.2) is 68.7 Å². The fraction of sp³-hybridized carbons (Fsp3) is 0.375. The number of imidazole rings is 4. The summed E-state index contributed by atoms with van der Waals surface area (Å²) < 4.78 is 110. The summed E-state index contributed by atoms with van der Waals surface area (Å²) in [6.45, 7) is -5.41. The van der Waals surface area contributed by atoms with Crippen molar-refractivity contribution in [3.63, 3.8) is 0 Å². The van der Waals surface area contributed by atoms with Crippen LogP contribution in [0, 0.1) is 34.5 Å². The van der Waals surface area contributed by atoms with E-state index in [0.29, 0.717) is 45.0 Å². The molecule has 4 amide bonds. The van der Waals surface area contributed by atoms with E-state index in [1.807, 2.05) is 24.3 Å². The molecule has 13 N–H and O–H groups in total. The zero-order valence-electron chi connectivity index (χ0n) is 72.6. The van der Waals surface area contributed by atoms with Gasteiger partial charge in [-0.3, -0.25) is 67.6 Å². The second-order valence-corrected chi connectivity index (χ2v) is 40.0. The Hall–Kier alpha value is -11.2. The van der Waals surface area contributed by atoms with E-state index in [2.05, 4.69) is 81.1 Å². The minimum absolute atomic E-state index is 0. The zero-order valence-corrected chi connectivity index (χ0v) is 79.5. The third kappa shape index (κ3) is 26.2. The third-order valence-corrected chi connectivity index (χ3v) is 27.3. The van der Waals surface area contributed by atoms with Crippen LogP contribution in [0.1, 0.15) is 112 Å². The molecule has 12 aromatic rings. The molecule has 4 aromatic carbocycles. The lowest BCUT2D eigenvalue weighted by Gasteiger charge is -2.28. The molecule has 0 radical (unpaired) electrons. The molecule has 137 heavy (non-hydrogen) atoms. The maximum absolute atomic E-state index is 12.9. The average molecular weight is 2040 g/mol. The lowest BCUT2D eigenvalue weighted by molar-refractivity contribution is -0.119. The van der Waals surface area contributed by atoms with Crippen LogP contribution >= 0.6 is 48.9 Å². The van der Waals surface area contributed by atoms with Crippen molar-refractivity contribution in [3.8, 4) is 23.6 Å². The molecular weight excluding hydrogens is 1950 g/mol. The molecular formula is C80H89ClN23O26P5S2. The van der Waals surface area contributed by atoms with Crippen molar-refractivity contribution in [1.29, 1.82) is 10.5 Å². The smallest absolute Gasteiger partial charge is 0.405 e. The van der Waals surface area contributed by atoms with Crippen molar-refractivity contribution in [2.45, 2.75) is 140 Å². The van der Waals surface area contributed by atoms with Crippen LogP contribution < -0.4 is 47.6 Å². The average Bonchev–Trinajstić information content (AvgIpc) is 1.63. The molecule has 57 heteroatoms. The number of aromatic nitrogens is 16. The Morgan fingerprint density at radius 2 is 1.12 bits per heavy atom. The van der Waals surface area contributed by atoms with Crippen molar-refractivity contribution in [2.24, 2.45) is 11.8 Å². The minimum atomic E-state index is -3.67. The summed E-state index contributed by atoms with van der Waals surface area (Å²) in [6.07, 6.45) is -1.60. The number of benzene rings is 4. The van der Waals surface area contributed by atoms with Gasteiger partial charge in [0.1, 0.15) is 61.0 Å². The van der Waals surface area contributed by atoms with Gasteiger partial charge in [0.25, 0.3) is 22.9 Å². The van der Waals surface area contributed by atoms with Crippen LogP contribution in [0.3, 0.4) is 0 Å². The normalized spacial score (nSPS) is 22.9. The molecule has 5 aliphatic rings. The fourth-order valence-electron chi connectivity index (χ4n) is 14.0. The monoisotopic (exact) mass is 2040 g/mol. The number of ether oxygens (including phenoxy) is 4. The largest absolute Gasteiger partial charge is 0.530 e. The highest BCUT2D eigenvalue weighted by Crippen LogP contribution is 2.58. The van der Waals surface area contributed by atoms with Crippen LogP contribution in [0.25, 0.3) is 44.7 Å². The van der Waals surface area contributed by atoms with E-state index < -0.39 is 129 Å². The van der Waals surface area contributed by atoms with Crippen LogP contribution in [0.2, 0.25) is 0 Å². The van der Waals surface area contributed by atoms with Gasteiger partial charge < -0.3 is 101 Å². The highest BCUT2D eigenvalue weighted by Gasteiger charge is 2.48. The highest BCUT2D eigenvalue weighted by molar-refractivity contribution is 8.07. The summed E-state index contributed by atoms with van der Waals surface area (Å²) >= 11 is 17.4.